The molecule has 4 heterocycles. The number of fused-ring (bicyclic) bond motifs is 3. The van der Waals surface area contributed by atoms with Crippen molar-refractivity contribution in [1.82, 2.24) is 14.8 Å². The van der Waals surface area contributed by atoms with Gasteiger partial charge in [0.05, 0.1) is 11.3 Å². The van der Waals surface area contributed by atoms with E-state index in [4.69, 9.17) is 0 Å². The maximum Gasteiger partial charge on any atom is 0.258 e. The average Bonchev–Trinajstić information content (AvgIpc) is 3.12. The van der Waals surface area contributed by atoms with Crippen LogP contribution in [0.3, 0.4) is 0 Å². The Bertz CT molecular complexity index is 1030. The number of para-hydroxylation sites is 1. The van der Waals surface area contributed by atoms with Gasteiger partial charge in [-0.1, -0.05) is 18.2 Å². The van der Waals surface area contributed by atoms with E-state index in [1.807, 2.05) is 37.3 Å². The molecular formula is C23H25N5O3. The number of carbonyl (C=O) groups is 3. The molecule has 0 bridgehead atoms. The number of aromatic nitrogens is 1. The van der Waals surface area contributed by atoms with Crippen LogP contribution in [0.1, 0.15) is 30.1 Å². The van der Waals surface area contributed by atoms with E-state index in [9.17, 15) is 14.4 Å². The van der Waals surface area contributed by atoms with Crippen LogP contribution in [-0.2, 0) is 9.59 Å². The Morgan fingerprint density at radius 3 is 2.52 bits per heavy atom. The van der Waals surface area contributed by atoms with Crippen LogP contribution in [0.4, 0.5) is 11.5 Å². The van der Waals surface area contributed by atoms with Crippen molar-refractivity contribution < 1.29 is 14.4 Å². The van der Waals surface area contributed by atoms with Crippen molar-refractivity contribution in [2.24, 2.45) is 0 Å². The lowest BCUT2D eigenvalue weighted by Gasteiger charge is -2.49. The quantitative estimate of drug-likeness (QED) is 0.757. The lowest BCUT2D eigenvalue weighted by molar-refractivity contribution is -0.133. The second-order valence-electron chi connectivity index (χ2n) is 8.41. The first kappa shape index (κ1) is 19.5. The summed E-state index contributed by atoms with van der Waals surface area (Å²) in [5.74, 6) is 0.618. The topological polar surface area (TPSA) is 77.1 Å². The van der Waals surface area contributed by atoms with Gasteiger partial charge in [0.25, 0.3) is 5.91 Å². The molecular weight excluding hydrogens is 394 g/mol. The largest absolute Gasteiger partial charge is 0.353 e. The Balaban J connectivity index is 1.33. The van der Waals surface area contributed by atoms with Crippen molar-refractivity contribution in [1.29, 1.82) is 0 Å². The van der Waals surface area contributed by atoms with Crippen molar-refractivity contribution in [3.63, 3.8) is 0 Å². The first-order valence-electron chi connectivity index (χ1n) is 10.7. The number of hydrogen-bond donors (Lipinski definition) is 0. The molecule has 3 amide bonds. The molecule has 0 radical (unpaired) electrons. The van der Waals surface area contributed by atoms with Crippen molar-refractivity contribution in [3.05, 3.63) is 54.2 Å². The molecule has 8 nitrogen and oxygen atoms in total. The Morgan fingerprint density at radius 2 is 1.77 bits per heavy atom. The molecule has 0 saturated carbocycles. The highest BCUT2D eigenvalue weighted by Gasteiger charge is 2.53. The Hall–Kier alpha value is -3.42. The molecule has 8 heteroatoms. The van der Waals surface area contributed by atoms with Crippen LogP contribution < -0.4 is 9.80 Å². The molecule has 2 fully saturated rings. The predicted octanol–water partition coefficient (Wildman–Crippen LogP) is 1.73. The number of amides is 3. The van der Waals surface area contributed by atoms with E-state index >= 15 is 0 Å². The van der Waals surface area contributed by atoms with Gasteiger partial charge in [-0.3, -0.25) is 19.3 Å². The molecule has 1 atom stereocenters. The molecule has 0 N–H and O–H groups in total. The first-order valence-corrected chi connectivity index (χ1v) is 10.7. The second-order valence-corrected chi connectivity index (χ2v) is 8.41. The fourth-order valence-corrected chi connectivity index (χ4v) is 4.90. The third kappa shape index (κ3) is 3.13. The highest BCUT2D eigenvalue weighted by Crippen LogP contribution is 2.43. The standard InChI is InChI=1S/C23H25N5O3/c1-23-10-9-20(29)28(23)18-7-3-2-6-17(18)22(31)27(23)16-21(30)26-14-12-25(13-15-26)19-8-4-5-11-24-19/h2-8,11H,9-10,12-16H2,1H3. The van der Waals surface area contributed by atoms with Crippen molar-refractivity contribution >= 4 is 29.2 Å². The maximum atomic E-state index is 13.3. The van der Waals surface area contributed by atoms with Gasteiger partial charge in [-0.05, 0) is 37.6 Å². The Labute approximate surface area is 181 Å². The van der Waals surface area contributed by atoms with Crippen LogP contribution >= 0.6 is 0 Å². The first-order chi connectivity index (χ1) is 15.0. The molecule has 3 aliphatic heterocycles. The third-order valence-electron chi connectivity index (χ3n) is 6.64. The summed E-state index contributed by atoms with van der Waals surface area (Å²) >= 11 is 0. The molecule has 5 rings (SSSR count). The number of carbonyl (C=O) groups excluding carboxylic acids is 3. The summed E-state index contributed by atoms with van der Waals surface area (Å²) in [5.41, 5.74) is 0.307. The zero-order valence-corrected chi connectivity index (χ0v) is 17.5. The summed E-state index contributed by atoms with van der Waals surface area (Å²) in [7, 11) is 0. The summed E-state index contributed by atoms with van der Waals surface area (Å²) in [5, 5.41) is 0. The van der Waals surface area contributed by atoms with Crippen LogP contribution in [0.25, 0.3) is 0 Å². The Kier molecular flexibility index (Phi) is 4.64. The highest BCUT2D eigenvalue weighted by atomic mass is 16.2. The molecule has 2 saturated heterocycles. The summed E-state index contributed by atoms with van der Waals surface area (Å²) in [6, 6.07) is 13.0. The summed E-state index contributed by atoms with van der Waals surface area (Å²) < 4.78 is 0. The maximum absolute atomic E-state index is 13.3. The molecule has 0 aliphatic carbocycles. The van der Waals surface area contributed by atoms with E-state index in [2.05, 4.69) is 9.88 Å². The van der Waals surface area contributed by atoms with Crippen molar-refractivity contribution in [3.8, 4) is 0 Å². The molecule has 160 valence electrons. The Morgan fingerprint density at radius 1 is 1.03 bits per heavy atom. The number of piperazine rings is 1. The number of pyridine rings is 1. The monoisotopic (exact) mass is 419 g/mol. The zero-order valence-electron chi connectivity index (χ0n) is 17.5. The number of hydrogen-bond acceptors (Lipinski definition) is 5. The lowest BCUT2D eigenvalue weighted by Crippen LogP contribution is -2.64. The fourth-order valence-electron chi connectivity index (χ4n) is 4.90. The van der Waals surface area contributed by atoms with E-state index in [0.29, 0.717) is 50.3 Å². The van der Waals surface area contributed by atoms with E-state index in [1.54, 1.807) is 33.0 Å². The number of nitrogens with zero attached hydrogens (tertiary/aromatic N) is 5. The summed E-state index contributed by atoms with van der Waals surface area (Å²) in [4.78, 5) is 50.8. The minimum absolute atomic E-state index is 0.0103. The molecule has 1 aromatic carbocycles. The van der Waals surface area contributed by atoms with Crippen LogP contribution in [0.5, 0.6) is 0 Å². The number of anilines is 2. The lowest BCUT2D eigenvalue weighted by atomic mass is 9.98. The third-order valence-corrected chi connectivity index (χ3v) is 6.64. The van der Waals surface area contributed by atoms with Crippen LogP contribution in [0.2, 0.25) is 0 Å². The van der Waals surface area contributed by atoms with Gasteiger partial charge in [0, 0.05) is 38.8 Å². The van der Waals surface area contributed by atoms with Gasteiger partial charge in [-0.2, -0.15) is 0 Å². The molecule has 31 heavy (non-hydrogen) atoms. The summed E-state index contributed by atoms with van der Waals surface area (Å²) in [6.07, 6.45) is 2.65. The van der Waals surface area contributed by atoms with Crippen LogP contribution in [-0.4, -0.2) is 70.9 Å². The normalized spacial score (nSPS) is 23.1. The van der Waals surface area contributed by atoms with Gasteiger partial charge in [-0.25, -0.2) is 4.98 Å². The minimum atomic E-state index is -0.812. The van der Waals surface area contributed by atoms with Crippen molar-refractivity contribution in [2.45, 2.75) is 25.4 Å². The molecule has 1 unspecified atom stereocenters. The molecule has 0 spiro atoms. The minimum Gasteiger partial charge on any atom is -0.353 e. The fraction of sp³-hybridized carbons (Fsp3) is 0.391. The van der Waals surface area contributed by atoms with Gasteiger partial charge < -0.3 is 14.7 Å². The van der Waals surface area contributed by atoms with E-state index < -0.39 is 5.66 Å². The van der Waals surface area contributed by atoms with Gasteiger partial charge in [-0.15, -0.1) is 0 Å². The van der Waals surface area contributed by atoms with Crippen molar-refractivity contribution in [2.75, 3.05) is 42.5 Å². The molecule has 3 aliphatic rings. The number of benzene rings is 1. The second kappa shape index (κ2) is 7.37. The van der Waals surface area contributed by atoms with Crippen LogP contribution in [0, 0.1) is 0 Å². The van der Waals surface area contributed by atoms with Gasteiger partial charge in [0.15, 0.2) is 0 Å². The zero-order chi connectivity index (χ0) is 21.6. The molecule has 2 aromatic rings. The van der Waals surface area contributed by atoms with E-state index in [1.165, 1.54) is 0 Å². The number of rotatable bonds is 3. The highest BCUT2D eigenvalue weighted by molar-refractivity contribution is 6.11. The molecule has 1 aromatic heterocycles. The smallest absolute Gasteiger partial charge is 0.258 e. The summed E-state index contributed by atoms with van der Waals surface area (Å²) in [6.45, 7) is 4.40. The van der Waals surface area contributed by atoms with Gasteiger partial charge in [0.2, 0.25) is 11.8 Å². The van der Waals surface area contributed by atoms with Gasteiger partial charge in [0.1, 0.15) is 18.0 Å². The van der Waals surface area contributed by atoms with E-state index in [0.717, 1.165) is 5.82 Å². The SMILES string of the molecule is CC12CCC(=O)N1c1ccccc1C(=O)N2CC(=O)N1CCN(c2ccccn2)CC1. The average molecular weight is 419 g/mol. The predicted molar refractivity (Wildman–Crippen MR) is 116 cm³/mol. The van der Waals surface area contributed by atoms with Crippen LogP contribution in [0.15, 0.2) is 48.7 Å². The van der Waals surface area contributed by atoms with Gasteiger partial charge >= 0.3 is 0 Å². The van der Waals surface area contributed by atoms with E-state index in [-0.39, 0.29) is 24.3 Å².